The molecule has 1 atom stereocenters. The molecule has 0 saturated carbocycles. The molecule has 0 spiro atoms. The molecular weight excluding hydrogens is 1010 g/mol. The first-order valence-electron chi connectivity index (χ1n) is 30.1. The second-order valence-corrected chi connectivity index (χ2v) is 23.8. The van der Waals surface area contributed by atoms with E-state index in [1.807, 2.05) is 0 Å². The molecule has 2 heterocycles. The Bertz CT molecular complexity index is 4450. The van der Waals surface area contributed by atoms with Gasteiger partial charge in [-0.25, -0.2) is 0 Å². The summed E-state index contributed by atoms with van der Waals surface area (Å²) in [4.78, 5) is 2.37. The summed E-state index contributed by atoms with van der Waals surface area (Å²) in [6.07, 6.45) is 20.7. The molecule has 12 aromatic rings. The van der Waals surface area contributed by atoms with E-state index in [1.165, 1.54) is 175 Å². The van der Waals surface area contributed by atoms with Crippen LogP contribution in [0.25, 0.3) is 94.3 Å². The van der Waals surface area contributed by atoms with E-state index < -0.39 is 0 Å². The minimum absolute atomic E-state index is 0.0520. The van der Waals surface area contributed by atoms with Gasteiger partial charge in [-0.3, -0.25) is 0 Å². The number of aromatic nitrogens is 3. The average molecular weight is 1080 g/mol. The third kappa shape index (κ3) is 8.38. The average Bonchev–Trinajstić information content (AvgIpc) is 3.31. The molecule has 3 aliphatic carbocycles. The van der Waals surface area contributed by atoms with E-state index in [0.29, 0.717) is 0 Å². The van der Waals surface area contributed by atoms with Crippen molar-refractivity contribution in [3.8, 4) is 39.1 Å². The lowest BCUT2D eigenvalue weighted by atomic mass is 9.70. The van der Waals surface area contributed by atoms with Crippen LogP contribution in [0.3, 0.4) is 0 Å². The lowest BCUT2D eigenvalue weighted by molar-refractivity contribution is 0.401. The van der Waals surface area contributed by atoms with Crippen LogP contribution in [-0.2, 0) is 5.41 Å². The summed E-state index contributed by atoms with van der Waals surface area (Å²) in [5.74, 6) is 0.154. The van der Waals surface area contributed by atoms with Crippen molar-refractivity contribution >= 4 is 84.1 Å². The highest BCUT2D eigenvalue weighted by atomic mass is 32.1. The maximum absolute atomic E-state index is 5.14. The van der Waals surface area contributed by atoms with Crippen molar-refractivity contribution in [2.24, 2.45) is 0 Å². The van der Waals surface area contributed by atoms with Crippen LogP contribution in [0.5, 0.6) is 0 Å². The first kappa shape index (κ1) is 50.3. The van der Waals surface area contributed by atoms with Crippen molar-refractivity contribution in [2.45, 2.75) is 95.8 Å². The maximum atomic E-state index is 5.14. The molecule has 10 aromatic carbocycles. The summed E-state index contributed by atoms with van der Waals surface area (Å²) in [5, 5.41) is 5.17. The summed E-state index contributed by atoms with van der Waals surface area (Å²) in [5.41, 5.74) is 25.9. The summed E-state index contributed by atoms with van der Waals surface area (Å²) >= 11 is 1.29. The van der Waals surface area contributed by atoms with Gasteiger partial charge in [-0.1, -0.05) is 223 Å². The third-order valence-corrected chi connectivity index (χ3v) is 19.1. The predicted octanol–water partition coefficient (Wildman–Crippen LogP) is 21.9. The quantitative estimate of drug-likeness (QED) is 0.0852. The third-order valence-electron chi connectivity index (χ3n) is 18.6. The summed E-state index contributed by atoms with van der Waals surface area (Å²) in [7, 11) is 0. The number of nitrogens with zero attached hydrogens (tertiary/aromatic N) is 4. The van der Waals surface area contributed by atoms with Gasteiger partial charge >= 0.3 is 0 Å². The molecule has 4 nitrogen and oxygen atoms in total. The molecule has 5 heteroatoms. The van der Waals surface area contributed by atoms with Crippen molar-refractivity contribution in [3.05, 3.63) is 252 Å². The van der Waals surface area contributed by atoms with E-state index in [2.05, 4.69) is 248 Å². The fraction of sp³-hybridized carbons (Fsp3) is 0.195. The van der Waals surface area contributed by atoms with Gasteiger partial charge in [-0.05, 0) is 164 Å². The Kier molecular flexibility index (Phi) is 12.9. The molecule has 0 saturated heterocycles. The zero-order valence-electron chi connectivity index (χ0n) is 46.9. The van der Waals surface area contributed by atoms with E-state index >= 15 is 0 Å². The van der Waals surface area contributed by atoms with Crippen LogP contribution in [0.1, 0.15) is 124 Å². The van der Waals surface area contributed by atoms with Crippen LogP contribution in [-0.4, -0.2) is 13.3 Å². The normalized spacial score (nSPS) is 14.7. The van der Waals surface area contributed by atoms with Gasteiger partial charge < -0.3 is 9.47 Å². The van der Waals surface area contributed by atoms with E-state index in [-0.39, 0.29) is 11.3 Å². The molecule has 0 bridgehead atoms. The molecule has 2 aromatic heterocycles. The van der Waals surface area contributed by atoms with E-state index in [1.54, 1.807) is 0 Å². The highest BCUT2D eigenvalue weighted by Gasteiger charge is 2.42. The van der Waals surface area contributed by atoms with Crippen LogP contribution in [0.4, 0.5) is 17.1 Å². The Morgan fingerprint density at radius 2 is 1.24 bits per heavy atom. The van der Waals surface area contributed by atoms with Gasteiger partial charge in [-0.2, -0.15) is 8.75 Å². The topological polar surface area (TPSA) is 34.0 Å². The van der Waals surface area contributed by atoms with Crippen LogP contribution < -0.4 is 4.90 Å². The molecule has 400 valence electrons. The van der Waals surface area contributed by atoms with Gasteiger partial charge in [-0.15, -0.1) is 0 Å². The summed E-state index contributed by atoms with van der Waals surface area (Å²) < 4.78 is 12.8. The molecule has 0 N–H and O–H groups in total. The molecule has 1 unspecified atom stereocenters. The summed E-state index contributed by atoms with van der Waals surface area (Å²) in [6, 6.07) is 77.6. The molecule has 0 aliphatic heterocycles. The minimum Gasteiger partial charge on any atom is -0.309 e. The number of allylic oxidation sites excluding steroid dienone is 3. The van der Waals surface area contributed by atoms with Crippen molar-refractivity contribution in [1.82, 2.24) is 13.3 Å². The Hall–Kier alpha value is -8.64. The number of fused-ring (bicyclic) bond motifs is 7. The fourth-order valence-corrected chi connectivity index (χ4v) is 15.2. The van der Waals surface area contributed by atoms with Crippen LogP contribution in [0.15, 0.2) is 218 Å². The number of benzene rings is 10. The van der Waals surface area contributed by atoms with E-state index in [4.69, 9.17) is 8.75 Å². The lowest BCUT2D eigenvalue weighted by Gasteiger charge is -2.33. The van der Waals surface area contributed by atoms with Crippen molar-refractivity contribution < 1.29 is 0 Å². The Balaban J connectivity index is 0.814. The monoisotopic (exact) mass is 1080 g/mol. The number of anilines is 3. The fourth-order valence-electron chi connectivity index (χ4n) is 14.6. The first-order chi connectivity index (χ1) is 40.6. The minimum atomic E-state index is 0.0520. The van der Waals surface area contributed by atoms with Gasteiger partial charge in [0.2, 0.25) is 0 Å². The molecule has 0 radical (unpaired) electrons. The number of hydrogen-bond acceptors (Lipinski definition) is 4. The standard InChI is InChI=1S/C77H66N4S/c1-3-5-7-16-46-77(47-17-8-6-4-2)68-28-14-12-25-62(68)66-50-60(41-43-69(66)77)81-70-29-15-13-26-63(70)67-48-56(36-44-71(67)81)61-42-45-72(76-75(61)78-82-79-76)80(58-37-32-52(33-38-58)51-20-10-9-11-21-51)59-39-34-53(35-40-59)65-49-57-24-18-22-54-30-31-55-23-19-27-64(65)74(55)73(54)57/h9-15,18-23,25-45,48-50,65H,3-8,16-17,24,46-47H2,1-2H3. The van der Waals surface area contributed by atoms with E-state index in [0.717, 1.165) is 45.6 Å². The van der Waals surface area contributed by atoms with Gasteiger partial charge in [0.05, 0.1) is 28.4 Å². The maximum Gasteiger partial charge on any atom is 0.129 e. The highest BCUT2D eigenvalue weighted by Crippen LogP contribution is 2.55. The zero-order valence-corrected chi connectivity index (χ0v) is 47.7. The highest BCUT2D eigenvalue weighted by molar-refractivity contribution is 7.00. The Labute approximate surface area is 486 Å². The molecule has 82 heavy (non-hydrogen) atoms. The van der Waals surface area contributed by atoms with Gasteiger partial charge in [0.1, 0.15) is 11.0 Å². The van der Waals surface area contributed by atoms with Gasteiger partial charge in [0, 0.05) is 44.7 Å². The van der Waals surface area contributed by atoms with Gasteiger partial charge in [0.25, 0.3) is 0 Å². The van der Waals surface area contributed by atoms with Crippen molar-refractivity contribution in [3.63, 3.8) is 0 Å². The molecule has 0 fully saturated rings. The van der Waals surface area contributed by atoms with E-state index in [9.17, 15) is 0 Å². The van der Waals surface area contributed by atoms with Crippen LogP contribution in [0.2, 0.25) is 0 Å². The van der Waals surface area contributed by atoms with Crippen LogP contribution in [0, 0.1) is 0 Å². The zero-order chi connectivity index (χ0) is 54.7. The second kappa shape index (κ2) is 21.0. The van der Waals surface area contributed by atoms with Crippen molar-refractivity contribution in [2.75, 3.05) is 4.90 Å². The predicted molar refractivity (Wildman–Crippen MR) is 348 cm³/mol. The summed E-state index contributed by atoms with van der Waals surface area (Å²) in [6.45, 7) is 4.65. The molecule has 3 aliphatic rings. The lowest BCUT2D eigenvalue weighted by Crippen LogP contribution is -2.25. The molecule has 15 rings (SSSR count). The SMILES string of the molecule is CCCCCCC1(CCCCCC)c2ccccc2-c2cc(-n3c4ccccc4c4cc(-c5ccc(N(c6ccc(-c7ccccc7)cc6)c6ccc(C7C=C8CC=Cc9ccc%10cccc7c%10c98)cc6)c6nsnc56)ccc43)ccc21. The number of para-hydroxylation sites is 1. The largest absolute Gasteiger partial charge is 0.309 e. The van der Waals surface area contributed by atoms with Crippen LogP contribution >= 0.6 is 11.7 Å². The Morgan fingerprint density at radius 3 is 2.06 bits per heavy atom. The number of rotatable bonds is 17. The first-order valence-corrected chi connectivity index (χ1v) is 30.8. The Morgan fingerprint density at radius 1 is 0.537 bits per heavy atom. The second-order valence-electron chi connectivity index (χ2n) is 23.2. The number of hydrogen-bond donors (Lipinski definition) is 0. The molecule has 0 amide bonds. The smallest absolute Gasteiger partial charge is 0.129 e. The molecular formula is C77H66N4S. The van der Waals surface area contributed by atoms with Crippen molar-refractivity contribution in [1.29, 1.82) is 0 Å². The van der Waals surface area contributed by atoms with Gasteiger partial charge in [0.15, 0.2) is 0 Å². The number of unbranched alkanes of at least 4 members (excludes halogenated alkanes) is 6.